The maximum atomic E-state index is 13.3. The van der Waals surface area contributed by atoms with Crippen molar-refractivity contribution in [1.29, 1.82) is 0 Å². The largest absolute Gasteiger partial charge is 0.480 e. The minimum absolute atomic E-state index is 0.0155. The number of β-lactam (4-membered cyclic amide) rings is 1. The van der Waals surface area contributed by atoms with Gasteiger partial charge in [-0.25, -0.2) is 9.78 Å². The van der Waals surface area contributed by atoms with Crippen LogP contribution in [0.5, 0.6) is 0 Å². The first-order valence-electron chi connectivity index (χ1n) is 14.0. The van der Waals surface area contributed by atoms with Crippen molar-refractivity contribution < 1.29 is 14.7 Å². The second-order valence-electron chi connectivity index (χ2n) is 11.6. The Morgan fingerprint density at radius 1 is 1.08 bits per heavy atom. The summed E-state index contributed by atoms with van der Waals surface area (Å²) in [5.41, 5.74) is 5.31. The molecule has 1 aromatic heterocycles. The molecule has 2 saturated heterocycles. The molecule has 2 fully saturated rings. The molecule has 3 aromatic rings. The highest BCUT2D eigenvalue weighted by molar-refractivity contribution is 5.94. The van der Waals surface area contributed by atoms with E-state index in [1.165, 1.54) is 22.4 Å². The molecule has 1 spiro atoms. The molecule has 2 N–H and O–H groups in total. The van der Waals surface area contributed by atoms with E-state index in [1.54, 1.807) is 4.90 Å². The number of nitrogens with zero attached hydrogens (tertiary/aromatic N) is 3. The maximum absolute atomic E-state index is 13.3. The third-order valence-corrected chi connectivity index (χ3v) is 8.86. The van der Waals surface area contributed by atoms with Gasteiger partial charge in [0.05, 0.1) is 5.41 Å². The zero-order valence-corrected chi connectivity index (χ0v) is 22.5. The van der Waals surface area contributed by atoms with Crippen LogP contribution in [0, 0.1) is 18.3 Å². The highest BCUT2D eigenvalue weighted by Crippen LogP contribution is 2.46. The van der Waals surface area contributed by atoms with Crippen molar-refractivity contribution in [2.45, 2.75) is 45.1 Å². The van der Waals surface area contributed by atoms with Crippen molar-refractivity contribution >= 4 is 23.4 Å². The molecule has 2 aromatic carbocycles. The summed E-state index contributed by atoms with van der Waals surface area (Å²) in [6.45, 7) is 5.52. The van der Waals surface area contributed by atoms with Crippen LogP contribution < -0.4 is 10.2 Å². The lowest BCUT2D eigenvalue weighted by Gasteiger charge is -2.49. The molecule has 7 nitrogen and oxygen atoms in total. The van der Waals surface area contributed by atoms with Gasteiger partial charge in [-0.3, -0.25) is 4.79 Å². The fourth-order valence-corrected chi connectivity index (χ4v) is 6.56. The number of rotatable bonds is 8. The molecule has 0 radical (unpaired) electrons. The second kappa shape index (κ2) is 10.4. The van der Waals surface area contributed by atoms with E-state index in [0.717, 1.165) is 56.7 Å². The molecule has 1 amide bonds. The number of carboxylic acid groups (broad SMARTS) is 1. The number of aryl methyl sites for hydroxylation is 1. The van der Waals surface area contributed by atoms with E-state index >= 15 is 0 Å². The van der Waals surface area contributed by atoms with Gasteiger partial charge in [0, 0.05) is 44.5 Å². The number of anilines is 2. The maximum Gasteiger partial charge on any atom is 0.326 e. The van der Waals surface area contributed by atoms with Gasteiger partial charge in [-0.15, -0.1) is 0 Å². The molecule has 202 valence electrons. The van der Waals surface area contributed by atoms with Crippen LogP contribution in [-0.2, 0) is 28.9 Å². The number of amides is 1. The Bertz CT molecular complexity index is 1340. The zero-order valence-electron chi connectivity index (χ0n) is 22.5. The molecule has 1 aliphatic carbocycles. The topological polar surface area (TPSA) is 85.8 Å². The molecule has 1 atom stereocenters. The number of aromatic nitrogens is 1. The third-order valence-electron chi connectivity index (χ3n) is 8.86. The SMILES string of the molecule is Cc1ccnc(NCC2CCN(c3ccc(C[C@H](C(=O)O)N4CC5(Cc6ccccc6C5)C4=O)cc3)CC2)c1. The van der Waals surface area contributed by atoms with Crippen LogP contribution in [0.3, 0.4) is 0 Å². The van der Waals surface area contributed by atoms with E-state index in [1.807, 2.05) is 36.5 Å². The highest BCUT2D eigenvalue weighted by Gasteiger charge is 2.57. The highest BCUT2D eigenvalue weighted by atomic mass is 16.4. The van der Waals surface area contributed by atoms with Crippen LogP contribution >= 0.6 is 0 Å². The standard InChI is InChI=1S/C32H36N4O3/c1-22-10-13-33-29(16-22)34-20-24-11-14-35(15-12-24)27-8-6-23(7-9-27)17-28(30(37)38)36-21-32(31(36)39)18-25-4-2-3-5-26(25)19-32/h2-10,13,16,24,28H,11-12,14-15,17-21H2,1H3,(H,33,34)(H,37,38)/t28-/m1/s1. The van der Waals surface area contributed by atoms with Gasteiger partial charge >= 0.3 is 5.97 Å². The first-order chi connectivity index (χ1) is 18.9. The first-order valence-corrected chi connectivity index (χ1v) is 14.0. The third kappa shape index (κ3) is 5.10. The summed E-state index contributed by atoms with van der Waals surface area (Å²) in [5, 5.41) is 13.5. The van der Waals surface area contributed by atoms with Crippen LogP contribution in [0.15, 0.2) is 66.9 Å². The Morgan fingerprint density at radius 3 is 2.38 bits per heavy atom. The molecule has 39 heavy (non-hydrogen) atoms. The molecule has 3 heterocycles. The average molecular weight is 525 g/mol. The van der Waals surface area contributed by atoms with Crippen molar-refractivity contribution in [3.8, 4) is 0 Å². The molecular formula is C32H36N4O3. The summed E-state index contributed by atoms with van der Waals surface area (Å²) in [7, 11) is 0. The van der Waals surface area contributed by atoms with E-state index in [9.17, 15) is 14.7 Å². The summed E-state index contributed by atoms with van der Waals surface area (Å²) < 4.78 is 0. The number of hydrogen-bond acceptors (Lipinski definition) is 5. The Kier molecular flexibility index (Phi) is 6.75. The normalized spacial score (nSPS) is 19.1. The quantitative estimate of drug-likeness (QED) is 0.427. The van der Waals surface area contributed by atoms with Gasteiger partial charge in [-0.2, -0.15) is 0 Å². The van der Waals surface area contributed by atoms with E-state index in [0.29, 0.717) is 18.9 Å². The summed E-state index contributed by atoms with van der Waals surface area (Å²) >= 11 is 0. The molecule has 7 heteroatoms. The number of likely N-dealkylation sites (tertiary alicyclic amines) is 1. The van der Waals surface area contributed by atoms with E-state index < -0.39 is 17.4 Å². The molecule has 3 aliphatic rings. The van der Waals surface area contributed by atoms with Gasteiger partial charge in [0.1, 0.15) is 11.9 Å². The Balaban J connectivity index is 1.02. The monoisotopic (exact) mass is 524 g/mol. The summed E-state index contributed by atoms with van der Waals surface area (Å²) in [5.74, 6) is 0.605. The predicted molar refractivity (Wildman–Crippen MR) is 152 cm³/mol. The summed E-state index contributed by atoms with van der Waals surface area (Å²) in [6, 6.07) is 19.7. The lowest BCUT2D eigenvalue weighted by Crippen LogP contribution is -2.67. The number of fused-ring (bicyclic) bond motifs is 1. The van der Waals surface area contributed by atoms with E-state index in [2.05, 4.69) is 52.5 Å². The van der Waals surface area contributed by atoms with Crippen LogP contribution in [0.1, 0.15) is 35.1 Å². The van der Waals surface area contributed by atoms with Gasteiger partial charge in [0.25, 0.3) is 0 Å². The number of aliphatic carboxylic acids is 1. The van der Waals surface area contributed by atoms with Crippen molar-refractivity contribution in [2.24, 2.45) is 11.3 Å². The summed E-state index contributed by atoms with van der Waals surface area (Å²) in [4.78, 5) is 33.8. The molecule has 0 bridgehead atoms. The molecule has 0 saturated carbocycles. The molecule has 2 aliphatic heterocycles. The smallest absolute Gasteiger partial charge is 0.326 e. The summed E-state index contributed by atoms with van der Waals surface area (Å²) in [6.07, 6.45) is 5.83. The van der Waals surface area contributed by atoms with Crippen molar-refractivity contribution in [3.05, 3.63) is 89.1 Å². The average Bonchev–Trinajstić information content (AvgIpc) is 3.36. The lowest BCUT2D eigenvalue weighted by molar-refractivity contribution is -0.171. The van der Waals surface area contributed by atoms with Crippen LogP contribution in [0.25, 0.3) is 0 Å². The number of carbonyl (C=O) groups is 2. The number of benzene rings is 2. The minimum atomic E-state index is -0.936. The number of nitrogens with one attached hydrogen (secondary N) is 1. The van der Waals surface area contributed by atoms with Crippen LogP contribution in [-0.4, -0.2) is 59.1 Å². The van der Waals surface area contributed by atoms with Crippen molar-refractivity contribution in [2.75, 3.05) is 36.4 Å². The lowest BCUT2D eigenvalue weighted by atomic mass is 9.74. The minimum Gasteiger partial charge on any atom is -0.480 e. The molecular weight excluding hydrogens is 488 g/mol. The number of carboxylic acids is 1. The van der Waals surface area contributed by atoms with Crippen molar-refractivity contribution in [3.63, 3.8) is 0 Å². The van der Waals surface area contributed by atoms with Gasteiger partial charge < -0.3 is 20.2 Å². The van der Waals surface area contributed by atoms with Gasteiger partial charge in [0.2, 0.25) is 5.91 Å². The van der Waals surface area contributed by atoms with Gasteiger partial charge in [-0.1, -0.05) is 36.4 Å². The van der Waals surface area contributed by atoms with Crippen LogP contribution in [0.4, 0.5) is 11.5 Å². The van der Waals surface area contributed by atoms with E-state index in [4.69, 9.17) is 0 Å². The number of hydrogen-bond donors (Lipinski definition) is 2. The Hall–Kier alpha value is -3.87. The zero-order chi connectivity index (χ0) is 27.0. The van der Waals surface area contributed by atoms with Gasteiger partial charge in [-0.05, 0) is 85.0 Å². The molecule has 0 unspecified atom stereocenters. The van der Waals surface area contributed by atoms with Crippen LogP contribution in [0.2, 0.25) is 0 Å². The fourth-order valence-electron chi connectivity index (χ4n) is 6.56. The predicted octanol–water partition coefficient (Wildman–Crippen LogP) is 4.34. The number of pyridine rings is 1. The van der Waals surface area contributed by atoms with E-state index in [-0.39, 0.29) is 5.91 Å². The fraction of sp³-hybridized carbons (Fsp3) is 0.406. The first kappa shape index (κ1) is 25.4. The number of carbonyl (C=O) groups excluding carboxylic acids is 1. The Labute approximate surface area is 229 Å². The van der Waals surface area contributed by atoms with Crippen molar-refractivity contribution in [1.82, 2.24) is 9.88 Å². The Morgan fingerprint density at radius 2 is 1.77 bits per heavy atom. The number of piperidine rings is 1. The van der Waals surface area contributed by atoms with Gasteiger partial charge in [0.15, 0.2) is 0 Å². The second-order valence-corrected chi connectivity index (χ2v) is 11.6. The molecule has 6 rings (SSSR count).